The molecule has 1 aliphatic rings. The van der Waals surface area contributed by atoms with E-state index in [1.54, 1.807) is 0 Å². The van der Waals surface area contributed by atoms with Crippen molar-refractivity contribution in [3.63, 3.8) is 0 Å². The molecule has 19 heavy (non-hydrogen) atoms. The van der Waals surface area contributed by atoms with Gasteiger partial charge in [0.1, 0.15) is 6.04 Å². The van der Waals surface area contributed by atoms with Gasteiger partial charge in [-0.05, 0) is 40.5 Å². The highest BCUT2D eigenvalue weighted by Gasteiger charge is 2.32. The van der Waals surface area contributed by atoms with E-state index in [0.29, 0.717) is 13.1 Å². The third kappa shape index (κ3) is 3.07. The summed E-state index contributed by atoms with van der Waals surface area (Å²) in [5.41, 5.74) is 1.96. The Morgan fingerprint density at radius 1 is 1.58 bits per heavy atom. The molecule has 1 fully saturated rings. The molecule has 1 aliphatic heterocycles. The smallest absolute Gasteiger partial charge is 0.305 e. The van der Waals surface area contributed by atoms with Crippen LogP contribution in [0, 0.1) is 6.92 Å². The number of halogens is 1. The third-order valence-electron chi connectivity index (χ3n) is 3.11. The molecular weight excluding hydrogens is 312 g/mol. The largest absolute Gasteiger partial charge is 0.481 e. The Morgan fingerprint density at radius 3 is 2.95 bits per heavy atom. The predicted molar refractivity (Wildman–Crippen MR) is 75.3 cm³/mol. The van der Waals surface area contributed by atoms with Crippen molar-refractivity contribution < 1.29 is 14.7 Å². The Balaban J connectivity index is 2.33. The predicted octanol–water partition coefficient (Wildman–Crippen LogP) is 1.54. The molecule has 0 bridgehead atoms. The monoisotopic (exact) mass is 326 g/mol. The Hall–Kier alpha value is -1.56. The molecule has 6 heteroatoms. The van der Waals surface area contributed by atoms with Crippen LogP contribution in [-0.2, 0) is 9.59 Å². The maximum absolute atomic E-state index is 11.9. The molecule has 0 saturated carbocycles. The summed E-state index contributed by atoms with van der Waals surface area (Å²) in [5, 5.41) is 11.7. The van der Waals surface area contributed by atoms with Crippen LogP contribution >= 0.6 is 15.9 Å². The van der Waals surface area contributed by atoms with E-state index in [-0.39, 0.29) is 12.3 Å². The number of benzene rings is 1. The molecule has 1 aromatic rings. The number of nitrogens with zero attached hydrogens (tertiary/aromatic N) is 1. The fourth-order valence-corrected chi connectivity index (χ4v) is 2.94. The normalized spacial score (nSPS) is 19.2. The van der Waals surface area contributed by atoms with E-state index < -0.39 is 12.0 Å². The van der Waals surface area contributed by atoms with Gasteiger partial charge < -0.3 is 15.3 Å². The van der Waals surface area contributed by atoms with Crippen LogP contribution in [0.1, 0.15) is 12.0 Å². The highest BCUT2D eigenvalue weighted by atomic mass is 79.9. The van der Waals surface area contributed by atoms with E-state index in [1.165, 1.54) is 0 Å². The quantitative estimate of drug-likeness (QED) is 0.884. The Bertz CT molecular complexity index is 519. The highest BCUT2D eigenvalue weighted by Crippen LogP contribution is 2.30. The summed E-state index contributed by atoms with van der Waals surface area (Å²) in [6.07, 6.45) is -0.202. The number of hydrogen-bond donors (Lipinski definition) is 2. The number of aliphatic carboxylic acids is 1. The standard InChI is InChI=1S/C13H15BrN2O3/c1-8-2-3-10(9(14)6-8)16-5-4-15-13(19)11(16)7-12(17)18/h2-3,6,11H,4-5,7H2,1H3,(H,15,19)(H,17,18). The zero-order chi connectivity index (χ0) is 14.0. The van der Waals surface area contributed by atoms with Gasteiger partial charge >= 0.3 is 5.97 Å². The van der Waals surface area contributed by atoms with Crippen molar-refractivity contribution in [3.05, 3.63) is 28.2 Å². The number of piperazine rings is 1. The van der Waals surface area contributed by atoms with Gasteiger partial charge in [-0.25, -0.2) is 0 Å². The number of amides is 1. The fourth-order valence-electron chi connectivity index (χ4n) is 2.22. The number of carbonyl (C=O) groups is 2. The van der Waals surface area contributed by atoms with Crippen molar-refractivity contribution in [2.24, 2.45) is 0 Å². The molecule has 0 aromatic heterocycles. The lowest BCUT2D eigenvalue weighted by molar-refractivity contribution is -0.139. The van der Waals surface area contributed by atoms with Crippen LogP contribution in [0.5, 0.6) is 0 Å². The maximum Gasteiger partial charge on any atom is 0.305 e. The first-order valence-electron chi connectivity index (χ1n) is 6.01. The van der Waals surface area contributed by atoms with Crippen molar-refractivity contribution in [2.45, 2.75) is 19.4 Å². The molecule has 1 heterocycles. The number of carboxylic acid groups (broad SMARTS) is 1. The molecule has 1 amide bonds. The molecule has 1 unspecified atom stereocenters. The number of carbonyl (C=O) groups excluding carboxylic acids is 1. The van der Waals surface area contributed by atoms with Gasteiger partial charge in [-0.2, -0.15) is 0 Å². The van der Waals surface area contributed by atoms with E-state index >= 15 is 0 Å². The first kappa shape index (κ1) is 13.9. The molecule has 2 N–H and O–H groups in total. The zero-order valence-electron chi connectivity index (χ0n) is 10.5. The molecule has 5 nitrogen and oxygen atoms in total. The summed E-state index contributed by atoms with van der Waals surface area (Å²) in [5.74, 6) is -1.21. The first-order valence-corrected chi connectivity index (χ1v) is 6.80. The molecule has 1 saturated heterocycles. The van der Waals surface area contributed by atoms with Gasteiger partial charge in [-0.3, -0.25) is 9.59 Å². The number of nitrogens with one attached hydrogen (secondary N) is 1. The zero-order valence-corrected chi connectivity index (χ0v) is 12.1. The number of anilines is 1. The second kappa shape index (κ2) is 5.61. The molecule has 1 atom stereocenters. The van der Waals surface area contributed by atoms with Crippen LogP contribution in [0.4, 0.5) is 5.69 Å². The fraction of sp³-hybridized carbons (Fsp3) is 0.385. The van der Waals surface area contributed by atoms with Gasteiger partial charge in [-0.1, -0.05) is 6.07 Å². The van der Waals surface area contributed by atoms with E-state index in [1.807, 2.05) is 30.0 Å². The van der Waals surface area contributed by atoms with E-state index in [4.69, 9.17) is 5.11 Å². The van der Waals surface area contributed by atoms with E-state index in [9.17, 15) is 9.59 Å². The maximum atomic E-state index is 11.9. The summed E-state index contributed by atoms with van der Waals surface area (Å²) in [4.78, 5) is 24.6. The minimum atomic E-state index is -0.977. The molecule has 0 spiro atoms. The Kier molecular flexibility index (Phi) is 4.09. The summed E-state index contributed by atoms with van der Waals surface area (Å²) < 4.78 is 0.873. The minimum Gasteiger partial charge on any atom is -0.481 e. The van der Waals surface area contributed by atoms with Crippen LogP contribution < -0.4 is 10.2 Å². The van der Waals surface area contributed by atoms with Gasteiger partial charge in [0.15, 0.2) is 0 Å². The van der Waals surface area contributed by atoms with Crippen LogP contribution in [0.3, 0.4) is 0 Å². The molecular formula is C13H15BrN2O3. The average molecular weight is 327 g/mol. The molecule has 2 rings (SSSR count). The van der Waals surface area contributed by atoms with Gasteiger partial charge in [-0.15, -0.1) is 0 Å². The second-order valence-electron chi connectivity index (χ2n) is 4.55. The topological polar surface area (TPSA) is 69.6 Å². The third-order valence-corrected chi connectivity index (χ3v) is 3.75. The molecule has 0 aliphatic carbocycles. The van der Waals surface area contributed by atoms with E-state index in [2.05, 4.69) is 21.2 Å². The Morgan fingerprint density at radius 2 is 2.32 bits per heavy atom. The Labute approximate surface area is 119 Å². The molecule has 1 aromatic carbocycles. The lowest BCUT2D eigenvalue weighted by Crippen LogP contribution is -2.56. The van der Waals surface area contributed by atoms with Crippen LogP contribution in [0.25, 0.3) is 0 Å². The van der Waals surface area contributed by atoms with Crippen molar-refractivity contribution >= 4 is 33.5 Å². The van der Waals surface area contributed by atoms with Crippen LogP contribution in [0.15, 0.2) is 22.7 Å². The van der Waals surface area contributed by atoms with Gasteiger partial charge in [0.25, 0.3) is 0 Å². The number of carboxylic acids is 1. The number of aryl methyl sites for hydroxylation is 1. The lowest BCUT2D eigenvalue weighted by atomic mass is 10.1. The van der Waals surface area contributed by atoms with Crippen molar-refractivity contribution in [2.75, 3.05) is 18.0 Å². The highest BCUT2D eigenvalue weighted by molar-refractivity contribution is 9.10. The second-order valence-corrected chi connectivity index (χ2v) is 5.41. The molecule has 102 valence electrons. The van der Waals surface area contributed by atoms with Crippen LogP contribution in [-0.4, -0.2) is 36.1 Å². The lowest BCUT2D eigenvalue weighted by Gasteiger charge is -2.36. The van der Waals surface area contributed by atoms with Crippen LogP contribution in [0.2, 0.25) is 0 Å². The number of rotatable bonds is 3. The van der Waals surface area contributed by atoms with Crippen molar-refractivity contribution in [1.82, 2.24) is 5.32 Å². The first-order chi connectivity index (χ1) is 8.99. The summed E-state index contributed by atoms with van der Waals surface area (Å²) in [7, 11) is 0. The van der Waals surface area contributed by atoms with Gasteiger partial charge in [0, 0.05) is 17.6 Å². The summed E-state index contributed by atoms with van der Waals surface area (Å²) >= 11 is 3.48. The van der Waals surface area contributed by atoms with E-state index in [0.717, 1.165) is 15.7 Å². The number of hydrogen-bond acceptors (Lipinski definition) is 3. The van der Waals surface area contributed by atoms with Crippen molar-refractivity contribution in [3.8, 4) is 0 Å². The molecule has 0 radical (unpaired) electrons. The summed E-state index contributed by atoms with van der Waals surface area (Å²) in [6, 6.07) is 5.15. The average Bonchev–Trinajstić information content (AvgIpc) is 2.32. The minimum absolute atomic E-state index is 0.202. The SMILES string of the molecule is Cc1ccc(N2CCNC(=O)C2CC(=O)O)c(Br)c1. The van der Waals surface area contributed by atoms with Gasteiger partial charge in [0.2, 0.25) is 5.91 Å². The summed E-state index contributed by atoms with van der Waals surface area (Å²) in [6.45, 7) is 3.10. The van der Waals surface area contributed by atoms with Gasteiger partial charge in [0.05, 0.1) is 12.1 Å². The van der Waals surface area contributed by atoms with Crippen molar-refractivity contribution in [1.29, 1.82) is 0 Å².